The highest BCUT2D eigenvalue weighted by atomic mass is 16.4. The summed E-state index contributed by atoms with van der Waals surface area (Å²) < 4.78 is 4.25. The molecule has 3 rings (SSSR count). The molecule has 1 aromatic rings. The fourth-order valence-electron chi connectivity index (χ4n) is 3.12. The number of allylic oxidation sites excluding steroid dienone is 3. The summed E-state index contributed by atoms with van der Waals surface area (Å²) in [6.45, 7) is 11.8. The monoisotopic (exact) mass is 529 g/mol. The first-order valence-electron chi connectivity index (χ1n) is 12.9. The number of amides is 2. The highest BCUT2D eigenvalue weighted by molar-refractivity contribution is 5.92. The molecule has 2 aliphatic rings. The molecule has 9 heteroatoms. The molecule has 2 unspecified atom stereocenters. The number of hydrogen-bond donors (Lipinski definition) is 6. The van der Waals surface area contributed by atoms with Gasteiger partial charge in [0.1, 0.15) is 5.76 Å². The first kappa shape index (κ1) is 34.6. The van der Waals surface area contributed by atoms with E-state index in [1.165, 1.54) is 32.4 Å². The molecular formula is C29H47N5O4. The second kappa shape index (κ2) is 24.0. The Kier molecular flexibility index (Phi) is 21.8. The number of anilines is 1. The number of ether oxygens (including phenoxy) is 1. The summed E-state index contributed by atoms with van der Waals surface area (Å²) >= 11 is 0. The second-order valence-electron chi connectivity index (χ2n) is 8.49. The molecule has 2 atom stereocenters. The number of aliphatic hydroxyl groups excluding tert-OH is 1. The van der Waals surface area contributed by atoms with E-state index in [0.717, 1.165) is 12.0 Å². The van der Waals surface area contributed by atoms with Crippen molar-refractivity contribution in [3.05, 3.63) is 79.2 Å². The lowest BCUT2D eigenvalue weighted by Crippen LogP contribution is -2.42. The topological polar surface area (TPSA) is 124 Å². The Morgan fingerprint density at radius 1 is 1.21 bits per heavy atom. The Morgan fingerprint density at radius 3 is 2.29 bits per heavy atom. The summed E-state index contributed by atoms with van der Waals surface area (Å²) in [5, 5.41) is 24.1. The van der Waals surface area contributed by atoms with E-state index in [1.807, 2.05) is 42.6 Å². The van der Waals surface area contributed by atoms with Crippen molar-refractivity contribution >= 4 is 18.0 Å². The molecule has 1 saturated heterocycles. The zero-order chi connectivity index (χ0) is 28.4. The van der Waals surface area contributed by atoms with Gasteiger partial charge >= 0.3 is 0 Å². The van der Waals surface area contributed by atoms with E-state index < -0.39 is 6.04 Å². The van der Waals surface area contributed by atoms with Crippen LogP contribution in [0.15, 0.2) is 73.7 Å². The molecule has 9 nitrogen and oxygen atoms in total. The fourth-order valence-corrected chi connectivity index (χ4v) is 3.12. The van der Waals surface area contributed by atoms with Crippen LogP contribution in [0.4, 0.5) is 5.69 Å². The lowest BCUT2D eigenvalue weighted by atomic mass is 10.0. The molecule has 1 aromatic carbocycles. The number of nitrogens with one attached hydrogen (secondary N) is 5. The molecule has 2 heterocycles. The number of hydrogen-bond acceptors (Lipinski definition) is 7. The van der Waals surface area contributed by atoms with Crippen molar-refractivity contribution in [3.8, 4) is 0 Å². The largest absolute Gasteiger partial charge is 0.511 e. The van der Waals surface area contributed by atoms with Gasteiger partial charge in [-0.05, 0) is 74.8 Å². The molecule has 0 saturated carbocycles. The lowest BCUT2D eigenvalue weighted by Gasteiger charge is -2.17. The van der Waals surface area contributed by atoms with Gasteiger partial charge in [0.2, 0.25) is 12.3 Å². The average Bonchev–Trinajstić information content (AvgIpc) is 3.51. The minimum atomic E-state index is -0.535. The summed E-state index contributed by atoms with van der Waals surface area (Å²) in [5.41, 5.74) is 1.57. The van der Waals surface area contributed by atoms with Crippen LogP contribution in [-0.4, -0.2) is 63.5 Å². The smallest absolute Gasteiger partial charge is 0.238 e. The summed E-state index contributed by atoms with van der Waals surface area (Å²) in [6, 6.07) is 6.65. The van der Waals surface area contributed by atoms with Gasteiger partial charge in [-0.1, -0.05) is 44.2 Å². The summed E-state index contributed by atoms with van der Waals surface area (Å²) in [4.78, 5) is 22.5. The van der Waals surface area contributed by atoms with Crippen LogP contribution in [0.1, 0.15) is 38.2 Å². The summed E-state index contributed by atoms with van der Waals surface area (Å²) in [5.74, 6) is -0.252. The van der Waals surface area contributed by atoms with Gasteiger partial charge in [0, 0.05) is 19.9 Å². The van der Waals surface area contributed by atoms with Crippen molar-refractivity contribution in [1.29, 1.82) is 0 Å². The fraction of sp³-hybridized carbons (Fsp3) is 0.448. The van der Waals surface area contributed by atoms with Gasteiger partial charge in [-0.15, -0.1) is 6.58 Å². The van der Waals surface area contributed by atoms with E-state index in [1.54, 1.807) is 26.4 Å². The molecule has 0 aromatic heterocycles. The molecular weight excluding hydrogens is 482 g/mol. The number of dihydropyridines is 1. The number of benzene rings is 1. The van der Waals surface area contributed by atoms with E-state index >= 15 is 0 Å². The van der Waals surface area contributed by atoms with Crippen LogP contribution < -0.4 is 26.6 Å². The van der Waals surface area contributed by atoms with Gasteiger partial charge in [0.15, 0.2) is 0 Å². The molecule has 0 bridgehead atoms. The third-order valence-electron chi connectivity index (χ3n) is 5.07. The Labute approximate surface area is 228 Å². The van der Waals surface area contributed by atoms with Crippen molar-refractivity contribution in [2.24, 2.45) is 0 Å². The number of carbonyl (C=O) groups is 2. The highest BCUT2D eigenvalue weighted by Crippen LogP contribution is 2.12. The van der Waals surface area contributed by atoms with Crippen LogP contribution in [0, 0.1) is 0 Å². The van der Waals surface area contributed by atoms with Crippen molar-refractivity contribution in [3.63, 3.8) is 0 Å². The Hall–Kier alpha value is -3.40. The minimum absolute atomic E-state index is 0.0630. The number of aliphatic hydroxyl groups is 1. The maximum atomic E-state index is 12.0. The van der Waals surface area contributed by atoms with Gasteiger partial charge in [-0.2, -0.15) is 0 Å². The quantitative estimate of drug-likeness (QED) is 0.147. The molecule has 0 aliphatic carbocycles. The van der Waals surface area contributed by atoms with Crippen LogP contribution in [-0.2, 0) is 20.7 Å². The van der Waals surface area contributed by atoms with Crippen LogP contribution in [0.2, 0.25) is 0 Å². The van der Waals surface area contributed by atoms with E-state index in [9.17, 15) is 14.7 Å². The maximum Gasteiger partial charge on any atom is 0.238 e. The zero-order valence-corrected chi connectivity index (χ0v) is 23.2. The van der Waals surface area contributed by atoms with E-state index in [0.29, 0.717) is 18.5 Å². The Morgan fingerprint density at radius 2 is 1.87 bits per heavy atom. The lowest BCUT2D eigenvalue weighted by molar-refractivity contribution is -0.115. The molecule has 1 fully saturated rings. The van der Waals surface area contributed by atoms with Crippen molar-refractivity contribution < 1.29 is 19.4 Å². The number of carbonyl (C=O) groups excluding carboxylic acids is 2. The minimum Gasteiger partial charge on any atom is -0.511 e. The first-order chi connectivity index (χ1) is 18.4. The van der Waals surface area contributed by atoms with Crippen LogP contribution in [0.3, 0.4) is 0 Å². The van der Waals surface area contributed by atoms with Crippen molar-refractivity contribution in [1.82, 2.24) is 21.3 Å². The van der Waals surface area contributed by atoms with Crippen LogP contribution in [0.25, 0.3) is 0 Å². The van der Waals surface area contributed by atoms with Gasteiger partial charge in [-0.25, -0.2) is 0 Å². The van der Waals surface area contributed by atoms with Gasteiger partial charge < -0.3 is 31.1 Å². The maximum absolute atomic E-state index is 12.0. The predicted molar refractivity (Wildman–Crippen MR) is 157 cm³/mol. The van der Waals surface area contributed by atoms with E-state index in [4.69, 9.17) is 0 Å². The highest BCUT2D eigenvalue weighted by Gasteiger charge is 2.12. The molecule has 2 aliphatic heterocycles. The second-order valence-corrected chi connectivity index (χ2v) is 8.49. The third-order valence-corrected chi connectivity index (χ3v) is 5.07. The summed E-state index contributed by atoms with van der Waals surface area (Å²) in [7, 11) is 3.25. The SMILES string of the molecule is C1CCNC1.C=C(O)C(Cc1ccc(NC(=O)CNC2C=CC=CN2)cc1)NC=O.C=CCCC.COC. The van der Waals surface area contributed by atoms with Gasteiger partial charge in [0.25, 0.3) is 0 Å². The standard InChI is InChI=1S/C18H22N4O3.C5H10.C4H9N.C2H6O/c1-13(24)16(21-12-23)10-14-5-7-15(8-6-14)22-18(25)11-20-17-4-2-3-9-19-17;1-3-5-4-2;1-2-4-5-3-1;1-3-2/h2-9,12,16-17,19-20,24H,1,10-11H2,(H,21,23)(H,22,25);3H,1,4-5H2,2H3;5H,1-4H2;1-2H3. The molecule has 6 N–H and O–H groups in total. The van der Waals surface area contributed by atoms with Crippen molar-refractivity contribution in [2.45, 2.75) is 51.2 Å². The first-order valence-corrected chi connectivity index (χ1v) is 12.9. The molecule has 38 heavy (non-hydrogen) atoms. The van der Waals surface area contributed by atoms with Gasteiger partial charge in [0.05, 0.1) is 18.8 Å². The van der Waals surface area contributed by atoms with E-state index in [2.05, 4.69) is 51.4 Å². The number of rotatable bonds is 11. The van der Waals surface area contributed by atoms with Gasteiger partial charge in [-0.3, -0.25) is 14.9 Å². The zero-order valence-electron chi connectivity index (χ0n) is 23.2. The molecule has 2 amide bonds. The Balaban J connectivity index is 0.000000862. The van der Waals surface area contributed by atoms with Crippen molar-refractivity contribution in [2.75, 3.05) is 39.2 Å². The predicted octanol–water partition coefficient (Wildman–Crippen LogP) is 3.55. The summed E-state index contributed by atoms with van der Waals surface area (Å²) in [6.07, 6.45) is 15.5. The number of methoxy groups -OCH3 is 1. The molecule has 0 spiro atoms. The molecule has 0 radical (unpaired) electrons. The Bertz CT molecular complexity index is 828. The van der Waals surface area contributed by atoms with Crippen LogP contribution >= 0.6 is 0 Å². The van der Waals surface area contributed by atoms with Crippen LogP contribution in [0.5, 0.6) is 0 Å². The molecule has 212 valence electrons. The normalized spacial score (nSPS) is 15.5. The third kappa shape index (κ3) is 18.8. The van der Waals surface area contributed by atoms with E-state index in [-0.39, 0.29) is 24.4 Å². The number of unbranched alkanes of at least 4 members (excludes halogenated alkanes) is 1. The average molecular weight is 530 g/mol.